The van der Waals surface area contributed by atoms with Crippen LogP contribution in [0.15, 0.2) is 23.6 Å². The van der Waals surface area contributed by atoms with Crippen molar-refractivity contribution in [3.8, 4) is 5.75 Å². The summed E-state index contributed by atoms with van der Waals surface area (Å²) in [6.45, 7) is 2.98. The quantitative estimate of drug-likeness (QED) is 0.879. The highest BCUT2D eigenvalue weighted by Gasteiger charge is 2.06. The van der Waals surface area contributed by atoms with Gasteiger partial charge in [0.2, 0.25) is 0 Å². The van der Waals surface area contributed by atoms with Crippen LogP contribution in [-0.4, -0.2) is 10.1 Å². The topological polar surface area (TPSA) is 45.1 Å². The second kappa shape index (κ2) is 5.25. The number of nitrogens with one attached hydrogen (secondary N) is 1. The van der Waals surface area contributed by atoms with E-state index in [0.717, 1.165) is 10.7 Å². The lowest BCUT2D eigenvalue weighted by molar-refractivity contribution is 0.423. The van der Waals surface area contributed by atoms with Crippen molar-refractivity contribution in [2.24, 2.45) is 0 Å². The molecule has 0 aliphatic heterocycles. The molecule has 0 aliphatic rings. The minimum Gasteiger partial charge on any atom is -0.505 e. The Morgan fingerprint density at radius 3 is 2.94 bits per heavy atom. The average molecular weight is 252 g/mol. The summed E-state index contributed by atoms with van der Waals surface area (Å²) in [6.07, 6.45) is 0. The summed E-state index contributed by atoms with van der Waals surface area (Å²) in [5, 5.41) is 15.6. The predicted molar refractivity (Wildman–Crippen MR) is 65.5 cm³/mol. The molecule has 1 aromatic heterocycles. The number of aromatic hydroxyl groups is 1. The molecule has 5 heteroatoms. The SMILES string of the molecule is Cc1csc(CNCc2cccc(F)c2O)n1. The maximum Gasteiger partial charge on any atom is 0.165 e. The van der Waals surface area contributed by atoms with Crippen LogP contribution in [0, 0.1) is 12.7 Å². The second-order valence-corrected chi connectivity index (χ2v) is 4.68. The first kappa shape index (κ1) is 12.0. The van der Waals surface area contributed by atoms with Crippen LogP contribution in [-0.2, 0) is 13.1 Å². The molecular weight excluding hydrogens is 239 g/mol. The van der Waals surface area contributed by atoms with Crippen LogP contribution >= 0.6 is 11.3 Å². The zero-order chi connectivity index (χ0) is 12.3. The fourth-order valence-electron chi connectivity index (χ4n) is 1.49. The van der Waals surface area contributed by atoms with E-state index in [4.69, 9.17) is 0 Å². The van der Waals surface area contributed by atoms with Crippen LogP contribution in [0.2, 0.25) is 0 Å². The monoisotopic (exact) mass is 252 g/mol. The lowest BCUT2D eigenvalue weighted by Crippen LogP contribution is -2.12. The van der Waals surface area contributed by atoms with Crippen LogP contribution in [0.4, 0.5) is 4.39 Å². The van der Waals surface area contributed by atoms with Crippen molar-refractivity contribution in [2.45, 2.75) is 20.0 Å². The molecule has 2 N–H and O–H groups in total. The average Bonchev–Trinajstić information content (AvgIpc) is 2.70. The van der Waals surface area contributed by atoms with Gasteiger partial charge in [-0.15, -0.1) is 11.3 Å². The zero-order valence-electron chi connectivity index (χ0n) is 9.40. The van der Waals surface area contributed by atoms with Crippen molar-refractivity contribution in [1.82, 2.24) is 10.3 Å². The number of para-hydroxylation sites is 1. The molecule has 0 bridgehead atoms. The van der Waals surface area contributed by atoms with Gasteiger partial charge >= 0.3 is 0 Å². The fraction of sp³-hybridized carbons (Fsp3) is 0.250. The summed E-state index contributed by atoms with van der Waals surface area (Å²) < 4.78 is 13.0. The Bertz CT molecular complexity index is 513. The maximum absolute atomic E-state index is 13.0. The normalized spacial score (nSPS) is 10.7. The number of hydrogen-bond acceptors (Lipinski definition) is 4. The van der Waals surface area contributed by atoms with Crippen molar-refractivity contribution >= 4 is 11.3 Å². The van der Waals surface area contributed by atoms with Crippen molar-refractivity contribution in [1.29, 1.82) is 0 Å². The largest absolute Gasteiger partial charge is 0.505 e. The molecule has 0 amide bonds. The van der Waals surface area contributed by atoms with Crippen LogP contribution < -0.4 is 5.32 Å². The Morgan fingerprint density at radius 2 is 2.24 bits per heavy atom. The number of phenolic OH excluding ortho intramolecular Hbond substituents is 1. The summed E-state index contributed by atoms with van der Waals surface area (Å²) in [6, 6.07) is 4.52. The lowest BCUT2D eigenvalue weighted by atomic mass is 10.2. The third-order valence-corrected chi connectivity index (χ3v) is 3.30. The van der Waals surface area contributed by atoms with Crippen LogP contribution in [0.3, 0.4) is 0 Å². The van der Waals surface area contributed by atoms with Gasteiger partial charge in [-0.25, -0.2) is 9.37 Å². The molecule has 1 heterocycles. The molecular formula is C12H13FN2OS. The highest BCUT2D eigenvalue weighted by atomic mass is 32.1. The minimum absolute atomic E-state index is 0.282. The molecule has 2 aromatic rings. The Kier molecular flexibility index (Phi) is 3.71. The van der Waals surface area contributed by atoms with Gasteiger partial charge in [-0.2, -0.15) is 0 Å². The summed E-state index contributed by atoms with van der Waals surface area (Å²) in [5.41, 5.74) is 1.55. The van der Waals surface area contributed by atoms with E-state index in [1.165, 1.54) is 6.07 Å². The molecule has 0 saturated heterocycles. The van der Waals surface area contributed by atoms with E-state index in [1.54, 1.807) is 23.5 Å². The lowest BCUT2D eigenvalue weighted by Gasteiger charge is -2.05. The van der Waals surface area contributed by atoms with E-state index in [-0.39, 0.29) is 5.75 Å². The van der Waals surface area contributed by atoms with Gasteiger partial charge < -0.3 is 10.4 Å². The molecule has 0 spiro atoms. The Labute approximate surface area is 103 Å². The predicted octanol–water partition coefficient (Wildman–Crippen LogP) is 2.59. The molecule has 0 fully saturated rings. The highest BCUT2D eigenvalue weighted by molar-refractivity contribution is 7.09. The summed E-state index contributed by atoms with van der Waals surface area (Å²) >= 11 is 1.58. The first-order chi connectivity index (χ1) is 8.16. The van der Waals surface area contributed by atoms with Gasteiger partial charge in [0.25, 0.3) is 0 Å². The fourth-order valence-corrected chi connectivity index (χ4v) is 2.23. The summed E-state index contributed by atoms with van der Waals surface area (Å²) in [7, 11) is 0. The molecule has 17 heavy (non-hydrogen) atoms. The van der Waals surface area contributed by atoms with Crippen molar-refractivity contribution in [3.63, 3.8) is 0 Å². The van der Waals surface area contributed by atoms with Gasteiger partial charge in [-0.05, 0) is 13.0 Å². The number of aromatic nitrogens is 1. The Morgan fingerprint density at radius 1 is 1.41 bits per heavy atom. The van der Waals surface area contributed by atoms with Crippen molar-refractivity contribution < 1.29 is 9.50 Å². The first-order valence-corrected chi connectivity index (χ1v) is 6.13. The number of halogens is 1. The van der Waals surface area contributed by atoms with Gasteiger partial charge in [-0.3, -0.25) is 0 Å². The molecule has 0 saturated carbocycles. The summed E-state index contributed by atoms with van der Waals surface area (Å²) in [4.78, 5) is 4.30. The number of rotatable bonds is 4. The number of thiazole rings is 1. The standard InChI is InChI=1S/C12H13FN2OS/c1-8-7-17-11(15-8)6-14-5-9-3-2-4-10(13)12(9)16/h2-4,7,14,16H,5-6H2,1H3. The molecule has 0 radical (unpaired) electrons. The summed E-state index contributed by atoms with van der Waals surface area (Å²) in [5.74, 6) is -0.871. The van der Waals surface area contributed by atoms with E-state index < -0.39 is 5.82 Å². The Hall–Kier alpha value is -1.46. The number of benzene rings is 1. The van der Waals surface area contributed by atoms with E-state index in [1.807, 2.05) is 12.3 Å². The molecule has 90 valence electrons. The number of hydrogen-bond donors (Lipinski definition) is 2. The third kappa shape index (κ3) is 3.01. The molecule has 0 unspecified atom stereocenters. The third-order valence-electron chi connectivity index (χ3n) is 2.33. The van der Waals surface area contributed by atoms with E-state index in [2.05, 4.69) is 10.3 Å². The molecule has 0 aliphatic carbocycles. The Balaban J connectivity index is 1.92. The van der Waals surface area contributed by atoms with Gasteiger partial charge in [0.1, 0.15) is 5.01 Å². The van der Waals surface area contributed by atoms with E-state index in [0.29, 0.717) is 18.7 Å². The molecule has 1 aromatic carbocycles. The molecule has 2 rings (SSSR count). The van der Waals surface area contributed by atoms with Gasteiger partial charge in [0, 0.05) is 29.7 Å². The maximum atomic E-state index is 13.0. The first-order valence-electron chi connectivity index (χ1n) is 5.25. The van der Waals surface area contributed by atoms with Gasteiger partial charge in [0.05, 0.1) is 0 Å². The number of phenols is 1. The van der Waals surface area contributed by atoms with Crippen molar-refractivity contribution in [2.75, 3.05) is 0 Å². The van der Waals surface area contributed by atoms with Crippen molar-refractivity contribution in [3.05, 3.63) is 45.7 Å². The molecule has 0 atom stereocenters. The van der Waals surface area contributed by atoms with E-state index in [9.17, 15) is 9.50 Å². The van der Waals surface area contributed by atoms with Crippen LogP contribution in [0.1, 0.15) is 16.3 Å². The highest BCUT2D eigenvalue weighted by Crippen LogP contribution is 2.20. The molecule has 3 nitrogen and oxygen atoms in total. The second-order valence-electron chi connectivity index (χ2n) is 3.73. The van der Waals surface area contributed by atoms with Gasteiger partial charge in [0.15, 0.2) is 11.6 Å². The van der Waals surface area contributed by atoms with Gasteiger partial charge in [-0.1, -0.05) is 12.1 Å². The number of aryl methyl sites for hydroxylation is 1. The van der Waals surface area contributed by atoms with Crippen LogP contribution in [0.25, 0.3) is 0 Å². The smallest absolute Gasteiger partial charge is 0.165 e. The van der Waals surface area contributed by atoms with Crippen LogP contribution in [0.5, 0.6) is 5.75 Å². The zero-order valence-corrected chi connectivity index (χ0v) is 10.2. The minimum atomic E-state index is -0.589. The number of nitrogens with zero attached hydrogens (tertiary/aromatic N) is 1. The van der Waals surface area contributed by atoms with E-state index >= 15 is 0 Å².